The third-order valence-electron chi connectivity index (χ3n) is 6.08. The van der Waals surface area contributed by atoms with Gasteiger partial charge in [-0.1, -0.05) is 0 Å². The van der Waals surface area contributed by atoms with E-state index in [4.69, 9.17) is 0 Å². The van der Waals surface area contributed by atoms with Crippen molar-refractivity contribution in [3.8, 4) is 0 Å². The second-order valence-corrected chi connectivity index (χ2v) is 7.65. The molecule has 2 bridgehead atoms. The van der Waals surface area contributed by atoms with Gasteiger partial charge in [0, 0.05) is 29.3 Å². The van der Waals surface area contributed by atoms with E-state index in [0.29, 0.717) is 22.2 Å². The minimum Gasteiger partial charge on any atom is -0.481 e. The first-order chi connectivity index (χ1) is 12.9. The molecule has 0 aromatic carbocycles. The summed E-state index contributed by atoms with van der Waals surface area (Å²) in [5.41, 5.74) is 1.92. The van der Waals surface area contributed by atoms with Crippen LogP contribution < -0.4 is 5.32 Å². The summed E-state index contributed by atoms with van der Waals surface area (Å²) in [5.74, 6) is -1.72. The van der Waals surface area contributed by atoms with E-state index in [1.54, 1.807) is 13.1 Å². The molecule has 0 aliphatic heterocycles. The van der Waals surface area contributed by atoms with E-state index < -0.39 is 17.7 Å². The Morgan fingerprint density at radius 1 is 1.30 bits per heavy atom. The molecule has 0 radical (unpaired) electrons. The molecule has 2 heterocycles. The number of pyridine rings is 1. The van der Waals surface area contributed by atoms with Gasteiger partial charge in [-0.05, 0) is 56.1 Å². The van der Waals surface area contributed by atoms with Crippen LogP contribution in [0.2, 0.25) is 0 Å². The van der Waals surface area contributed by atoms with E-state index in [-0.39, 0.29) is 23.8 Å². The molecule has 3 aliphatic rings. The molecule has 6 nitrogen and oxygen atoms in total. The number of amides is 1. The van der Waals surface area contributed by atoms with Crippen molar-refractivity contribution in [1.29, 1.82) is 0 Å². The fraction of sp³-hybridized carbons (Fsp3) is 0.450. The van der Waals surface area contributed by atoms with Gasteiger partial charge in [-0.3, -0.25) is 9.59 Å². The Kier molecular flexibility index (Phi) is 4.45. The van der Waals surface area contributed by atoms with Crippen LogP contribution in [-0.4, -0.2) is 33.0 Å². The number of carbonyl (C=O) groups is 2. The Morgan fingerprint density at radius 3 is 2.70 bits per heavy atom. The van der Waals surface area contributed by atoms with Gasteiger partial charge in [0.1, 0.15) is 11.5 Å². The zero-order chi connectivity index (χ0) is 19.1. The van der Waals surface area contributed by atoms with Crippen molar-refractivity contribution in [2.24, 2.45) is 17.8 Å². The van der Waals surface area contributed by atoms with Crippen molar-refractivity contribution < 1.29 is 19.1 Å². The second-order valence-electron chi connectivity index (χ2n) is 7.65. The van der Waals surface area contributed by atoms with Crippen LogP contribution in [0.4, 0.5) is 4.39 Å². The van der Waals surface area contributed by atoms with E-state index in [0.717, 1.165) is 31.9 Å². The fourth-order valence-electron chi connectivity index (χ4n) is 4.80. The first kappa shape index (κ1) is 17.7. The van der Waals surface area contributed by atoms with Gasteiger partial charge in [0.25, 0.3) is 0 Å². The molecule has 27 heavy (non-hydrogen) atoms. The Hall–Kier alpha value is -2.70. The number of allylic oxidation sites excluding steroid dienone is 1. The first-order valence-electron chi connectivity index (χ1n) is 9.28. The van der Waals surface area contributed by atoms with Gasteiger partial charge in [-0.15, -0.1) is 0 Å². The van der Waals surface area contributed by atoms with Crippen LogP contribution in [0.5, 0.6) is 0 Å². The monoisotopic (exact) mass is 371 g/mol. The summed E-state index contributed by atoms with van der Waals surface area (Å²) in [7, 11) is 0. The number of aliphatic carboxylic acids is 1. The lowest BCUT2D eigenvalue weighted by atomic mass is 9.61. The lowest BCUT2D eigenvalue weighted by Gasteiger charge is -2.46. The Balaban J connectivity index is 1.55. The number of carboxylic acids is 1. The molecule has 2 atom stereocenters. The predicted octanol–water partition coefficient (Wildman–Crippen LogP) is 3.11. The van der Waals surface area contributed by atoms with Crippen LogP contribution in [0.25, 0.3) is 16.6 Å². The number of nitrogens with zero attached hydrogens (tertiary/aromatic N) is 1. The highest BCUT2D eigenvalue weighted by Gasteiger charge is 2.47. The van der Waals surface area contributed by atoms with Crippen LogP contribution >= 0.6 is 0 Å². The molecule has 3 N–H and O–H groups in total. The number of aromatic nitrogens is 2. The summed E-state index contributed by atoms with van der Waals surface area (Å²) < 4.78 is 13.5. The Bertz CT molecular complexity index is 928. The summed E-state index contributed by atoms with van der Waals surface area (Å²) in [5, 5.41) is 13.2. The quantitative estimate of drug-likeness (QED) is 0.720. The van der Waals surface area contributed by atoms with E-state index in [9.17, 15) is 19.1 Å². The van der Waals surface area contributed by atoms with Gasteiger partial charge < -0.3 is 15.4 Å². The molecule has 1 amide bonds. The lowest BCUT2D eigenvalue weighted by Crippen LogP contribution is -2.55. The third-order valence-corrected chi connectivity index (χ3v) is 6.08. The summed E-state index contributed by atoms with van der Waals surface area (Å²) in [6.07, 6.45) is 8.07. The zero-order valence-corrected chi connectivity index (χ0v) is 15.0. The topological polar surface area (TPSA) is 95.1 Å². The smallest absolute Gasteiger partial charge is 0.308 e. The summed E-state index contributed by atoms with van der Waals surface area (Å²) in [6, 6.07) is 1.05. The molecule has 3 fully saturated rings. The molecule has 2 aromatic heterocycles. The number of rotatable bonds is 4. The molecule has 142 valence electrons. The normalized spacial score (nSPS) is 27.7. The van der Waals surface area contributed by atoms with Gasteiger partial charge in [0.15, 0.2) is 0 Å². The molecule has 7 heteroatoms. The number of nitrogens with one attached hydrogen (secondary N) is 2. The highest BCUT2D eigenvalue weighted by molar-refractivity contribution is 5.99. The summed E-state index contributed by atoms with van der Waals surface area (Å²) in [4.78, 5) is 31.2. The minimum atomic E-state index is -0.825. The number of halogens is 1. The number of carbonyl (C=O) groups excluding carboxylic acids is 1. The molecule has 3 saturated carbocycles. The Morgan fingerprint density at radius 2 is 2.00 bits per heavy atom. The van der Waals surface area contributed by atoms with Crippen molar-refractivity contribution in [1.82, 2.24) is 15.3 Å². The number of carboxylic acid groups (broad SMARTS) is 1. The maximum atomic E-state index is 13.5. The minimum absolute atomic E-state index is 0.144. The predicted molar refractivity (Wildman–Crippen MR) is 98.2 cm³/mol. The molecule has 2 aromatic rings. The van der Waals surface area contributed by atoms with Crippen LogP contribution in [-0.2, 0) is 9.59 Å². The highest BCUT2D eigenvalue weighted by atomic mass is 19.1. The fourth-order valence-corrected chi connectivity index (χ4v) is 4.80. The number of aromatic amines is 1. The van der Waals surface area contributed by atoms with E-state index in [1.165, 1.54) is 12.1 Å². The van der Waals surface area contributed by atoms with E-state index in [1.807, 2.05) is 0 Å². The van der Waals surface area contributed by atoms with Crippen LogP contribution in [0, 0.1) is 23.6 Å². The standard InChI is InChI=1S/C20H22FN3O3/c1-10(15-9-23-19-14(15)7-13(21)8-22-19)6-16(25)24-18-12-4-2-11(3-5-12)17(18)20(26)27/h6-9,11-12,17-18H,2-5H2,1H3,(H,22,23)(H,24,25)(H,26,27)/b10-6+/t11-,12+,17-,18-/m0/s1. The number of hydrogen-bond donors (Lipinski definition) is 3. The molecule has 5 rings (SSSR count). The molecular weight excluding hydrogens is 349 g/mol. The molecular formula is C20H22FN3O3. The second kappa shape index (κ2) is 6.79. The number of H-pyrrole nitrogens is 1. The van der Waals surface area contributed by atoms with Crippen molar-refractivity contribution >= 4 is 28.5 Å². The molecule has 3 aliphatic carbocycles. The third kappa shape index (κ3) is 3.22. The van der Waals surface area contributed by atoms with Gasteiger partial charge in [-0.25, -0.2) is 9.37 Å². The van der Waals surface area contributed by atoms with E-state index >= 15 is 0 Å². The van der Waals surface area contributed by atoms with Crippen molar-refractivity contribution in [3.05, 3.63) is 35.9 Å². The zero-order valence-electron chi connectivity index (χ0n) is 15.0. The maximum absolute atomic E-state index is 13.5. The van der Waals surface area contributed by atoms with Crippen LogP contribution in [0.15, 0.2) is 24.5 Å². The number of fused-ring (bicyclic) bond motifs is 4. The van der Waals surface area contributed by atoms with Crippen molar-refractivity contribution in [2.75, 3.05) is 0 Å². The van der Waals surface area contributed by atoms with Gasteiger partial charge in [-0.2, -0.15) is 0 Å². The van der Waals surface area contributed by atoms with Gasteiger partial charge >= 0.3 is 5.97 Å². The first-order valence-corrected chi connectivity index (χ1v) is 9.28. The summed E-state index contributed by atoms with van der Waals surface area (Å²) >= 11 is 0. The Labute approximate surface area is 155 Å². The lowest BCUT2D eigenvalue weighted by molar-refractivity contribution is -0.150. The maximum Gasteiger partial charge on any atom is 0.308 e. The van der Waals surface area contributed by atoms with E-state index in [2.05, 4.69) is 15.3 Å². The summed E-state index contributed by atoms with van der Waals surface area (Å²) in [6.45, 7) is 1.77. The van der Waals surface area contributed by atoms with Crippen LogP contribution in [0.3, 0.4) is 0 Å². The average Bonchev–Trinajstić information content (AvgIpc) is 3.05. The molecule has 0 unspecified atom stereocenters. The van der Waals surface area contributed by atoms with Crippen LogP contribution in [0.1, 0.15) is 38.2 Å². The SMILES string of the molecule is C/C(=C\C(=O)N[C@H]1[C@H]2CC[C@H](CC2)[C@@H]1C(=O)O)c1c[nH]c2ncc(F)cc12. The largest absolute Gasteiger partial charge is 0.481 e. The number of hydrogen-bond acceptors (Lipinski definition) is 3. The van der Waals surface area contributed by atoms with Gasteiger partial charge in [0.2, 0.25) is 5.91 Å². The molecule has 0 saturated heterocycles. The molecule has 0 spiro atoms. The van der Waals surface area contributed by atoms with Gasteiger partial charge in [0.05, 0.1) is 12.1 Å². The average molecular weight is 371 g/mol. The van der Waals surface area contributed by atoms with Crippen molar-refractivity contribution in [2.45, 2.75) is 38.6 Å². The highest BCUT2D eigenvalue weighted by Crippen LogP contribution is 2.45. The van der Waals surface area contributed by atoms with Crippen molar-refractivity contribution in [3.63, 3.8) is 0 Å².